The van der Waals surface area contributed by atoms with Crippen LogP contribution in [0.15, 0.2) is 27.8 Å². The molecule has 0 radical (unpaired) electrons. The molecule has 0 saturated carbocycles. The Bertz CT molecular complexity index is 438. The summed E-state index contributed by atoms with van der Waals surface area (Å²) in [4.78, 5) is 2.04. The highest BCUT2D eigenvalue weighted by Crippen LogP contribution is 2.28. The number of hydrogen-bond donors (Lipinski definition) is 3. The van der Waals surface area contributed by atoms with Crippen LogP contribution in [0.2, 0.25) is 0 Å². The van der Waals surface area contributed by atoms with Crippen molar-refractivity contribution in [2.45, 2.75) is 19.8 Å². The number of oxime groups is 1. The van der Waals surface area contributed by atoms with Gasteiger partial charge in [0.05, 0.1) is 12.2 Å². The number of aliphatic hydroxyl groups excluding tert-OH is 1. The van der Waals surface area contributed by atoms with E-state index in [0.717, 1.165) is 29.5 Å². The van der Waals surface area contributed by atoms with Crippen LogP contribution in [0.1, 0.15) is 25.3 Å². The molecular formula is C13H20BrN3O2. The minimum absolute atomic E-state index is 0.0573. The number of halogens is 1. The third-order valence-electron chi connectivity index (χ3n) is 2.85. The molecule has 106 valence electrons. The van der Waals surface area contributed by atoms with Gasteiger partial charge in [-0.1, -0.05) is 24.6 Å². The fourth-order valence-corrected chi connectivity index (χ4v) is 2.46. The number of nitrogens with two attached hydrogens (primary N) is 1. The Kier molecular flexibility index (Phi) is 6.66. The van der Waals surface area contributed by atoms with Gasteiger partial charge in [0.25, 0.3) is 0 Å². The molecule has 19 heavy (non-hydrogen) atoms. The van der Waals surface area contributed by atoms with E-state index in [1.54, 1.807) is 0 Å². The molecule has 1 aromatic rings. The topological polar surface area (TPSA) is 82.1 Å². The summed E-state index contributed by atoms with van der Waals surface area (Å²) < 4.78 is 0.764. The van der Waals surface area contributed by atoms with Gasteiger partial charge in [-0.15, -0.1) is 0 Å². The highest BCUT2D eigenvalue weighted by molar-refractivity contribution is 9.10. The molecule has 0 aromatic heterocycles. The van der Waals surface area contributed by atoms with Gasteiger partial charge in [0.2, 0.25) is 0 Å². The largest absolute Gasteiger partial charge is 0.409 e. The van der Waals surface area contributed by atoms with Crippen molar-refractivity contribution in [2.24, 2.45) is 10.9 Å². The molecule has 0 spiro atoms. The zero-order chi connectivity index (χ0) is 14.3. The van der Waals surface area contributed by atoms with Crippen molar-refractivity contribution in [1.82, 2.24) is 0 Å². The maximum Gasteiger partial charge on any atom is 0.173 e. The predicted octanol–water partition coefficient (Wildman–Crippen LogP) is 2.14. The molecule has 4 N–H and O–H groups in total. The first-order valence-corrected chi connectivity index (χ1v) is 7.07. The van der Waals surface area contributed by atoms with E-state index in [-0.39, 0.29) is 12.4 Å². The zero-order valence-corrected chi connectivity index (χ0v) is 12.6. The highest BCUT2D eigenvalue weighted by Gasteiger charge is 2.16. The van der Waals surface area contributed by atoms with Gasteiger partial charge >= 0.3 is 0 Å². The van der Waals surface area contributed by atoms with Crippen molar-refractivity contribution in [3.05, 3.63) is 28.2 Å². The number of amidine groups is 1. The van der Waals surface area contributed by atoms with Gasteiger partial charge < -0.3 is 20.9 Å². The lowest BCUT2D eigenvalue weighted by Gasteiger charge is -2.26. The Hall–Kier alpha value is -1.27. The maximum absolute atomic E-state index is 9.19. The van der Waals surface area contributed by atoms with Crippen LogP contribution in [0.3, 0.4) is 0 Å². The van der Waals surface area contributed by atoms with E-state index < -0.39 is 0 Å². The summed E-state index contributed by atoms with van der Waals surface area (Å²) in [6.07, 6.45) is 2.08. The summed E-state index contributed by atoms with van der Waals surface area (Å²) in [5.74, 6) is 0.0573. The molecule has 0 amide bonds. The SMILES string of the molecule is CCCCN(CCO)c1cccc(Br)c1/C(N)=N/O. The first-order chi connectivity index (χ1) is 9.15. The van der Waals surface area contributed by atoms with Gasteiger partial charge in [0, 0.05) is 23.2 Å². The normalized spacial score (nSPS) is 11.6. The van der Waals surface area contributed by atoms with E-state index in [4.69, 9.17) is 10.9 Å². The van der Waals surface area contributed by atoms with Crippen LogP contribution < -0.4 is 10.6 Å². The molecule has 0 aliphatic carbocycles. The lowest BCUT2D eigenvalue weighted by molar-refractivity contribution is 0.301. The van der Waals surface area contributed by atoms with Crippen LogP contribution in [0.4, 0.5) is 5.69 Å². The molecule has 0 saturated heterocycles. The van der Waals surface area contributed by atoms with Crippen LogP contribution in [-0.4, -0.2) is 35.8 Å². The Morgan fingerprint density at radius 1 is 1.42 bits per heavy atom. The molecule has 6 heteroatoms. The van der Waals surface area contributed by atoms with Gasteiger partial charge in [0.15, 0.2) is 5.84 Å². The maximum atomic E-state index is 9.19. The first-order valence-electron chi connectivity index (χ1n) is 6.27. The summed E-state index contributed by atoms with van der Waals surface area (Å²) in [5, 5.41) is 21.2. The summed E-state index contributed by atoms with van der Waals surface area (Å²) in [6.45, 7) is 3.51. The molecule has 0 aliphatic heterocycles. The second-order valence-electron chi connectivity index (χ2n) is 4.18. The Morgan fingerprint density at radius 2 is 2.16 bits per heavy atom. The third kappa shape index (κ3) is 4.11. The van der Waals surface area contributed by atoms with E-state index in [1.807, 2.05) is 23.1 Å². The molecular weight excluding hydrogens is 310 g/mol. The van der Waals surface area contributed by atoms with Crippen molar-refractivity contribution in [2.75, 3.05) is 24.6 Å². The smallest absolute Gasteiger partial charge is 0.173 e. The molecule has 0 unspecified atom stereocenters. The fourth-order valence-electron chi connectivity index (χ4n) is 1.90. The van der Waals surface area contributed by atoms with E-state index in [2.05, 4.69) is 28.0 Å². The molecule has 0 heterocycles. The van der Waals surface area contributed by atoms with Crippen LogP contribution in [0.25, 0.3) is 0 Å². The van der Waals surface area contributed by atoms with E-state index in [9.17, 15) is 5.11 Å². The zero-order valence-electron chi connectivity index (χ0n) is 11.0. The second-order valence-corrected chi connectivity index (χ2v) is 5.04. The average Bonchev–Trinajstić information content (AvgIpc) is 2.42. The number of rotatable bonds is 7. The first kappa shape index (κ1) is 15.8. The van der Waals surface area contributed by atoms with Gasteiger partial charge in [-0.05, 0) is 34.5 Å². The monoisotopic (exact) mass is 329 g/mol. The Morgan fingerprint density at radius 3 is 2.74 bits per heavy atom. The molecule has 1 aromatic carbocycles. The van der Waals surface area contributed by atoms with E-state index in [1.165, 1.54) is 0 Å². The van der Waals surface area contributed by atoms with Crippen LogP contribution >= 0.6 is 15.9 Å². The van der Waals surface area contributed by atoms with Crippen LogP contribution in [0, 0.1) is 0 Å². The number of hydrogen-bond acceptors (Lipinski definition) is 4. The molecule has 0 aliphatic rings. The lowest BCUT2D eigenvalue weighted by Crippen LogP contribution is -2.30. The van der Waals surface area contributed by atoms with Crippen molar-refractivity contribution < 1.29 is 10.3 Å². The van der Waals surface area contributed by atoms with Crippen LogP contribution in [0.5, 0.6) is 0 Å². The minimum atomic E-state index is 0.0573. The number of benzene rings is 1. The fraction of sp³-hybridized carbons (Fsp3) is 0.462. The Labute approximate surface area is 121 Å². The highest BCUT2D eigenvalue weighted by atomic mass is 79.9. The minimum Gasteiger partial charge on any atom is -0.409 e. The second kappa shape index (κ2) is 8.01. The van der Waals surface area contributed by atoms with Gasteiger partial charge in [-0.25, -0.2) is 0 Å². The van der Waals surface area contributed by atoms with E-state index in [0.29, 0.717) is 12.1 Å². The summed E-state index contributed by atoms with van der Waals surface area (Å²) in [7, 11) is 0. The third-order valence-corrected chi connectivity index (χ3v) is 3.51. The van der Waals surface area contributed by atoms with E-state index >= 15 is 0 Å². The molecule has 1 rings (SSSR count). The van der Waals surface area contributed by atoms with Crippen molar-refractivity contribution in [3.8, 4) is 0 Å². The summed E-state index contributed by atoms with van der Waals surface area (Å²) in [6, 6.07) is 5.64. The summed E-state index contributed by atoms with van der Waals surface area (Å²) in [5.41, 5.74) is 7.24. The van der Waals surface area contributed by atoms with Crippen LogP contribution in [-0.2, 0) is 0 Å². The standard InChI is InChI=1S/C13H20BrN3O2/c1-2-3-7-17(8-9-18)11-6-4-5-10(14)12(11)13(15)16-19/h4-6,18-19H,2-3,7-9H2,1H3,(H2,15,16). The average molecular weight is 330 g/mol. The molecule has 0 bridgehead atoms. The number of aliphatic hydroxyl groups is 1. The quantitative estimate of drug-likeness (QED) is 0.310. The van der Waals surface area contributed by atoms with Crippen molar-refractivity contribution >= 4 is 27.5 Å². The number of anilines is 1. The van der Waals surface area contributed by atoms with Crippen molar-refractivity contribution in [3.63, 3.8) is 0 Å². The predicted molar refractivity (Wildman–Crippen MR) is 80.9 cm³/mol. The summed E-state index contributed by atoms with van der Waals surface area (Å²) >= 11 is 3.42. The van der Waals surface area contributed by atoms with Crippen molar-refractivity contribution in [1.29, 1.82) is 0 Å². The van der Waals surface area contributed by atoms with Gasteiger partial charge in [0.1, 0.15) is 0 Å². The van der Waals surface area contributed by atoms with Gasteiger partial charge in [-0.3, -0.25) is 0 Å². The lowest BCUT2D eigenvalue weighted by atomic mass is 10.1. The Balaban J connectivity index is 3.17. The number of unbranched alkanes of at least 4 members (excludes halogenated alkanes) is 1. The number of nitrogens with zero attached hydrogens (tertiary/aromatic N) is 2. The van der Waals surface area contributed by atoms with Gasteiger partial charge in [-0.2, -0.15) is 0 Å². The molecule has 0 fully saturated rings. The molecule has 5 nitrogen and oxygen atoms in total. The molecule has 0 atom stereocenters.